The summed E-state index contributed by atoms with van der Waals surface area (Å²) in [7, 11) is -13.3. The van der Waals surface area contributed by atoms with Crippen molar-refractivity contribution in [3.63, 3.8) is 0 Å². The van der Waals surface area contributed by atoms with Gasteiger partial charge in [-0.3, -0.25) is 12.5 Å². The van der Waals surface area contributed by atoms with E-state index < -0.39 is 31.2 Å². The van der Waals surface area contributed by atoms with Gasteiger partial charge in [0, 0.05) is 0 Å². The molecule has 0 spiro atoms. The van der Waals surface area contributed by atoms with E-state index in [-0.39, 0.29) is 58.4 Å². The van der Waals surface area contributed by atoms with Gasteiger partial charge in [0.1, 0.15) is 0 Å². The van der Waals surface area contributed by atoms with Gasteiger partial charge in [-0.05, 0) is 20.8 Å². The van der Waals surface area contributed by atoms with Crippen molar-refractivity contribution in [2.24, 2.45) is 0 Å². The van der Waals surface area contributed by atoms with Gasteiger partial charge in [0.05, 0.1) is 19.8 Å². The Hall–Kier alpha value is 0.896. The summed E-state index contributed by atoms with van der Waals surface area (Å²) in [5, 5.41) is 0. The monoisotopic (exact) mass is 534 g/mol. The van der Waals surface area contributed by atoms with Crippen LogP contribution < -0.4 is 0 Å². The first kappa shape index (κ1) is 30.7. The summed E-state index contributed by atoms with van der Waals surface area (Å²) in [4.78, 5) is 0. The Kier molecular flexibility index (Phi) is 21.6. The second-order valence-corrected chi connectivity index (χ2v) is 5.60. The first-order valence-electron chi connectivity index (χ1n) is 4.99. The van der Waals surface area contributed by atoms with Crippen molar-refractivity contribution in [3.05, 3.63) is 0 Å². The van der Waals surface area contributed by atoms with Crippen molar-refractivity contribution in [1.29, 1.82) is 0 Å². The molecule has 22 heavy (non-hydrogen) atoms. The Bertz CT molecular complexity index is 455. The molecule has 0 aliphatic heterocycles. The first-order valence-corrected chi connectivity index (χ1v) is 8.99. The Morgan fingerprint density at radius 2 is 0.727 bits per heavy atom. The molecule has 0 atom stereocenters. The van der Waals surface area contributed by atoms with Crippen molar-refractivity contribution >= 4 is 31.2 Å². The number of rotatable bonds is 6. The van der Waals surface area contributed by atoms with Crippen molar-refractivity contribution in [3.8, 4) is 0 Å². The minimum Gasteiger partial charge on any atom is -0.726 e. The van der Waals surface area contributed by atoms with Gasteiger partial charge in [0.25, 0.3) is 0 Å². The first-order chi connectivity index (χ1) is 9.18. The van der Waals surface area contributed by atoms with Crippen LogP contribution in [0.1, 0.15) is 20.8 Å². The van der Waals surface area contributed by atoms with Crippen LogP contribution in [0.25, 0.3) is 0 Å². The molecule has 138 valence electrons. The predicted octanol–water partition coefficient (Wildman–Crippen LogP) is -1.55. The topological polar surface area (TPSA) is 199 Å². The Labute approximate surface area is 160 Å². The van der Waals surface area contributed by atoms with E-state index in [0.29, 0.717) is 0 Å². The molecule has 0 aromatic rings. The van der Waals surface area contributed by atoms with Gasteiger partial charge in [-0.25, -0.2) is 25.3 Å². The summed E-state index contributed by atoms with van der Waals surface area (Å²) in [5.41, 5.74) is 0. The molecule has 12 nitrogen and oxygen atoms in total. The zero-order valence-electron chi connectivity index (χ0n) is 11.6. The van der Waals surface area contributed by atoms with Crippen LogP contribution in [0.3, 0.4) is 0 Å². The molecule has 0 unspecified atom stereocenters. The molecule has 0 aliphatic carbocycles. The third-order valence-electron chi connectivity index (χ3n) is 0.787. The molecular weight excluding hydrogens is 519 g/mol. The molecule has 0 rings (SSSR count). The van der Waals surface area contributed by atoms with Gasteiger partial charge in [0.15, 0.2) is 0 Å². The van der Waals surface area contributed by atoms with E-state index in [1.54, 1.807) is 0 Å². The molecule has 0 radical (unpaired) electrons. The van der Waals surface area contributed by atoms with Crippen molar-refractivity contribution < 1.29 is 90.1 Å². The molecule has 0 saturated carbocycles. The minimum absolute atomic E-state index is 0. The molecule has 0 N–H and O–H groups in total. The number of hydrogen-bond acceptors (Lipinski definition) is 12. The maximum atomic E-state index is 9.45. The maximum absolute atomic E-state index is 9.45. The second kappa shape index (κ2) is 15.4. The van der Waals surface area contributed by atoms with E-state index in [0.717, 1.165) is 0 Å². The van der Waals surface area contributed by atoms with Gasteiger partial charge in [-0.1, -0.05) is 0 Å². The fourth-order valence-electron chi connectivity index (χ4n) is 0.433. The van der Waals surface area contributed by atoms with Gasteiger partial charge >= 0.3 is 38.6 Å². The van der Waals surface area contributed by atoms with Crippen molar-refractivity contribution in [1.82, 2.24) is 0 Å². The predicted molar refractivity (Wildman–Crippen MR) is 64.0 cm³/mol. The SMILES string of the molecule is CCOS(=O)(=O)[O-].CCOS(=O)(=O)[O-].CCOS(=O)(=O)[O-].[Tb+3]. The quantitative estimate of drug-likeness (QED) is 0.281. The molecule has 0 aromatic carbocycles. The van der Waals surface area contributed by atoms with Crippen molar-refractivity contribution in [2.45, 2.75) is 20.8 Å². The largest absolute Gasteiger partial charge is 3.00 e. The summed E-state index contributed by atoms with van der Waals surface area (Å²) in [6.07, 6.45) is 0. The fraction of sp³-hybridized carbons (Fsp3) is 1.00. The van der Waals surface area contributed by atoms with Crippen LogP contribution in [0.5, 0.6) is 0 Å². The zero-order chi connectivity index (χ0) is 17.7. The molecule has 0 fully saturated rings. The normalized spacial score (nSPS) is 11.2. The van der Waals surface area contributed by atoms with E-state index in [2.05, 4.69) is 12.5 Å². The molecule has 0 saturated heterocycles. The van der Waals surface area contributed by atoms with E-state index >= 15 is 0 Å². The van der Waals surface area contributed by atoms with Crippen LogP contribution in [0.4, 0.5) is 0 Å². The van der Waals surface area contributed by atoms with Gasteiger partial charge in [0.2, 0.25) is 31.2 Å². The molecule has 0 amide bonds. The van der Waals surface area contributed by atoms with E-state index in [1.165, 1.54) is 20.8 Å². The average Bonchev–Trinajstić information content (AvgIpc) is 2.12. The Balaban J connectivity index is -0.000000108. The molecule has 16 heteroatoms. The summed E-state index contributed by atoms with van der Waals surface area (Å²) in [6, 6.07) is 0. The third-order valence-corrected chi connectivity index (χ3v) is 2.36. The molecular formula is C6H15O12S3Tb. The standard InChI is InChI=1S/3C2H6O4S.Tb/c3*1-2-6-7(3,4)5;/h3*2H2,1H3,(H,3,4,5);/q;;;+3/p-3. The summed E-state index contributed by atoms with van der Waals surface area (Å²) >= 11 is 0. The molecule has 0 aromatic heterocycles. The molecule has 0 aliphatic rings. The van der Waals surface area contributed by atoms with Crippen LogP contribution in [-0.4, -0.2) is 58.7 Å². The molecule has 0 heterocycles. The average molecular weight is 534 g/mol. The van der Waals surface area contributed by atoms with E-state index in [1.807, 2.05) is 0 Å². The summed E-state index contributed by atoms with van der Waals surface area (Å²) in [6.45, 7) is 4.00. The van der Waals surface area contributed by atoms with Crippen LogP contribution in [0.2, 0.25) is 0 Å². The van der Waals surface area contributed by atoms with Crippen LogP contribution in [0.15, 0.2) is 0 Å². The van der Waals surface area contributed by atoms with Crippen LogP contribution >= 0.6 is 0 Å². The Morgan fingerprint density at radius 3 is 0.727 bits per heavy atom. The molecule has 0 bridgehead atoms. The summed E-state index contributed by atoms with van der Waals surface area (Å²) in [5.74, 6) is 0. The minimum atomic E-state index is -4.42. The van der Waals surface area contributed by atoms with Gasteiger partial charge < -0.3 is 13.7 Å². The van der Waals surface area contributed by atoms with Crippen LogP contribution in [0, 0.1) is 38.6 Å². The van der Waals surface area contributed by atoms with Crippen LogP contribution in [-0.2, 0) is 43.7 Å². The smallest absolute Gasteiger partial charge is 0.726 e. The van der Waals surface area contributed by atoms with E-state index in [4.69, 9.17) is 0 Å². The van der Waals surface area contributed by atoms with Crippen molar-refractivity contribution in [2.75, 3.05) is 19.8 Å². The van der Waals surface area contributed by atoms with Gasteiger partial charge in [-0.2, -0.15) is 0 Å². The second-order valence-electron chi connectivity index (χ2n) is 2.44. The maximum Gasteiger partial charge on any atom is 3.00 e. The fourth-order valence-corrected chi connectivity index (χ4v) is 1.30. The summed E-state index contributed by atoms with van der Waals surface area (Å²) < 4.78 is 96.0. The zero-order valence-corrected chi connectivity index (χ0v) is 16.2. The van der Waals surface area contributed by atoms with E-state index in [9.17, 15) is 38.9 Å². The third kappa shape index (κ3) is 49.7. The Morgan fingerprint density at radius 1 is 0.591 bits per heavy atom. The number of hydrogen-bond donors (Lipinski definition) is 0. The van der Waals surface area contributed by atoms with Gasteiger partial charge in [-0.15, -0.1) is 0 Å².